The molecule has 1 fully saturated rings. The van der Waals surface area contributed by atoms with Crippen LogP contribution >= 0.6 is 0 Å². The first-order valence-corrected chi connectivity index (χ1v) is 9.23. The van der Waals surface area contributed by atoms with Crippen molar-refractivity contribution in [3.63, 3.8) is 0 Å². The Balaban J connectivity index is 1.52. The van der Waals surface area contributed by atoms with Gasteiger partial charge in [0.05, 0.1) is 5.56 Å². The summed E-state index contributed by atoms with van der Waals surface area (Å²) in [7, 11) is 0. The number of rotatable bonds is 3. The van der Waals surface area contributed by atoms with Crippen LogP contribution in [0.3, 0.4) is 0 Å². The minimum absolute atomic E-state index is 0.00501. The van der Waals surface area contributed by atoms with E-state index >= 15 is 0 Å². The number of aromatic nitrogens is 3. The number of benzene rings is 1. The van der Waals surface area contributed by atoms with Gasteiger partial charge < -0.3 is 4.90 Å². The second-order valence-corrected chi connectivity index (χ2v) is 7.29. The summed E-state index contributed by atoms with van der Waals surface area (Å²) < 4.78 is 0. The Hall–Kier alpha value is -3.08. The molecule has 1 aromatic carbocycles. The molecule has 1 amide bonds. The van der Waals surface area contributed by atoms with Crippen LogP contribution in [0.25, 0.3) is 11.4 Å². The number of carbonyl (C=O) groups excluding carboxylic acids is 1. The molecule has 0 bridgehead atoms. The number of likely N-dealkylation sites (tertiary alicyclic amines) is 1. The molecule has 5 nitrogen and oxygen atoms in total. The lowest BCUT2D eigenvalue weighted by atomic mass is 9.76. The van der Waals surface area contributed by atoms with Gasteiger partial charge in [0.25, 0.3) is 5.91 Å². The largest absolute Gasteiger partial charge is 0.338 e. The van der Waals surface area contributed by atoms with E-state index in [0.29, 0.717) is 17.9 Å². The number of piperidine rings is 1. The zero-order valence-electron chi connectivity index (χ0n) is 15.4. The monoisotopic (exact) mass is 358 g/mol. The van der Waals surface area contributed by atoms with Crippen LogP contribution in [0.2, 0.25) is 0 Å². The first kappa shape index (κ1) is 17.3. The number of pyridine rings is 1. The van der Waals surface area contributed by atoms with Crippen molar-refractivity contribution in [3.05, 3.63) is 78.4 Å². The van der Waals surface area contributed by atoms with Crippen LogP contribution in [-0.4, -0.2) is 38.8 Å². The van der Waals surface area contributed by atoms with E-state index in [-0.39, 0.29) is 11.3 Å². The Morgan fingerprint density at radius 3 is 2.52 bits per heavy atom. The Bertz CT molecular complexity index is 912. The van der Waals surface area contributed by atoms with Gasteiger partial charge in [-0.25, -0.2) is 9.97 Å². The fraction of sp³-hybridized carbons (Fsp3) is 0.273. The van der Waals surface area contributed by atoms with Crippen LogP contribution in [0.15, 0.2) is 67.3 Å². The van der Waals surface area contributed by atoms with Gasteiger partial charge >= 0.3 is 0 Å². The van der Waals surface area contributed by atoms with E-state index in [9.17, 15) is 4.79 Å². The lowest BCUT2D eigenvalue weighted by Gasteiger charge is -2.41. The van der Waals surface area contributed by atoms with Gasteiger partial charge in [-0.05, 0) is 30.5 Å². The Morgan fingerprint density at radius 2 is 1.81 bits per heavy atom. The van der Waals surface area contributed by atoms with Crippen LogP contribution in [0.4, 0.5) is 0 Å². The molecular formula is C22H22N4O. The predicted molar refractivity (Wildman–Crippen MR) is 104 cm³/mol. The van der Waals surface area contributed by atoms with Gasteiger partial charge in [0.1, 0.15) is 0 Å². The number of amides is 1. The third-order valence-corrected chi connectivity index (χ3v) is 5.27. The van der Waals surface area contributed by atoms with Crippen molar-refractivity contribution in [2.24, 2.45) is 0 Å². The summed E-state index contributed by atoms with van der Waals surface area (Å²) in [5, 5.41) is 0. The highest BCUT2D eigenvalue weighted by Gasteiger charge is 2.34. The average molecular weight is 358 g/mol. The molecule has 0 N–H and O–H groups in total. The fourth-order valence-corrected chi connectivity index (χ4v) is 3.75. The van der Waals surface area contributed by atoms with Gasteiger partial charge in [0.15, 0.2) is 5.82 Å². The summed E-state index contributed by atoms with van der Waals surface area (Å²) in [6.07, 6.45) is 8.73. The van der Waals surface area contributed by atoms with E-state index in [2.05, 4.69) is 46.1 Å². The van der Waals surface area contributed by atoms with Gasteiger partial charge in [-0.15, -0.1) is 0 Å². The van der Waals surface area contributed by atoms with E-state index in [1.807, 2.05) is 23.1 Å². The van der Waals surface area contributed by atoms with Crippen molar-refractivity contribution in [1.82, 2.24) is 19.9 Å². The lowest BCUT2D eigenvalue weighted by molar-refractivity contribution is 0.0650. The Labute approximate surface area is 159 Å². The van der Waals surface area contributed by atoms with Crippen LogP contribution in [0.1, 0.15) is 35.7 Å². The maximum absolute atomic E-state index is 13.0. The van der Waals surface area contributed by atoms with Crippen molar-refractivity contribution in [1.29, 1.82) is 0 Å². The molecule has 0 aliphatic carbocycles. The second kappa shape index (κ2) is 7.27. The molecule has 1 atom stereocenters. The summed E-state index contributed by atoms with van der Waals surface area (Å²) >= 11 is 0. The van der Waals surface area contributed by atoms with E-state index in [1.165, 1.54) is 5.56 Å². The molecule has 2 aromatic heterocycles. The molecule has 1 aliphatic rings. The van der Waals surface area contributed by atoms with Gasteiger partial charge in [0, 0.05) is 48.9 Å². The van der Waals surface area contributed by atoms with Crippen molar-refractivity contribution in [2.45, 2.75) is 25.2 Å². The highest BCUT2D eigenvalue weighted by molar-refractivity contribution is 5.94. The molecule has 4 rings (SSSR count). The Kier molecular flexibility index (Phi) is 4.67. The van der Waals surface area contributed by atoms with Crippen molar-refractivity contribution < 1.29 is 4.79 Å². The van der Waals surface area contributed by atoms with Crippen molar-refractivity contribution in [2.75, 3.05) is 13.1 Å². The average Bonchev–Trinajstić information content (AvgIpc) is 2.75. The summed E-state index contributed by atoms with van der Waals surface area (Å²) in [6, 6.07) is 14.2. The van der Waals surface area contributed by atoms with Crippen LogP contribution in [-0.2, 0) is 5.41 Å². The third-order valence-electron chi connectivity index (χ3n) is 5.27. The van der Waals surface area contributed by atoms with E-state index in [0.717, 1.165) is 24.9 Å². The molecule has 0 saturated carbocycles. The van der Waals surface area contributed by atoms with Gasteiger partial charge in [-0.3, -0.25) is 9.78 Å². The molecule has 5 heteroatoms. The maximum Gasteiger partial charge on any atom is 0.257 e. The molecule has 0 spiro atoms. The summed E-state index contributed by atoms with van der Waals surface area (Å²) in [6.45, 7) is 3.72. The molecule has 3 aromatic rings. The van der Waals surface area contributed by atoms with Crippen molar-refractivity contribution in [3.8, 4) is 11.4 Å². The molecule has 0 radical (unpaired) electrons. The minimum atomic E-state index is -0.0221. The normalized spacial score (nSPS) is 19.7. The van der Waals surface area contributed by atoms with Crippen LogP contribution in [0.5, 0.6) is 0 Å². The quantitative estimate of drug-likeness (QED) is 0.716. The number of hydrogen-bond acceptors (Lipinski definition) is 4. The third kappa shape index (κ3) is 3.58. The molecule has 1 aliphatic heterocycles. The summed E-state index contributed by atoms with van der Waals surface area (Å²) in [5.41, 5.74) is 2.63. The number of carbonyl (C=O) groups is 1. The van der Waals surface area contributed by atoms with E-state index in [4.69, 9.17) is 0 Å². The molecule has 27 heavy (non-hydrogen) atoms. The first-order chi connectivity index (χ1) is 13.2. The van der Waals surface area contributed by atoms with Crippen molar-refractivity contribution >= 4 is 5.91 Å². The molecule has 0 unspecified atom stereocenters. The zero-order valence-corrected chi connectivity index (χ0v) is 15.4. The zero-order chi connectivity index (χ0) is 18.7. The highest BCUT2D eigenvalue weighted by atomic mass is 16.2. The minimum Gasteiger partial charge on any atom is -0.338 e. The van der Waals surface area contributed by atoms with Gasteiger partial charge in [-0.2, -0.15) is 0 Å². The number of nitrogens with zero attached hydrogens (tertiary/aromatic N) is 4. The van der Waals surface area contributed by atoms with Crippen LogP contribution < -0.4 is 0 Å². The first-order valence-electron chi connectivity index (χ1n) is 9.23. The topological polar surface area (TPSA) is 59.0 Å². The standard InChI is InChI=1S/C22H22N4O/c1-22(19-8-3-2-4-9-19)10-6-12-26(16-22)21(27)18-14-24-20(25-15-18)17-7-5-11-23-13-17/h2-5,7-9,11,13-15H,6,10,12,16H2,1H3/t22-/m1/s1. The Morgan fingerprint density at radius 1 is 1.04 bits per heavy atom. The van der Waals surface area contributed by atoms with Gasteiger partial charge in [0.2, 0.25) is 0 Å². The van der Waals surface area contributed by atoms with Crippen LogP contribution in [0, 0.1) is 0 Å². The van der Waals surface area contributed by atoms with E-state index in [1.54, 1.807) is 24.8 Å². The fourth-order valence-electron chi connectivity index (χ4n) is 3.75. The molecular weight excluding hydrogens is 336 g/mol. The molecule has 1 saturated heterocycles. The second-order valence-electron chi connectivity index (χ2n) is 7.29. The smallest absolute Gasteiger partial charge is 0.257 e. The highest BCUT2D eigenvalue weighted by Crippen LogP contribution is 2.34. The maximum atomic E-state index is 13.0. The van der Waals surface area contributed by atoms with Gasteiger partial charge in [-0.1, -0.05) is 37.3 Å². The molecule has 136 valence electrons. The number of hydrogen-bond donors (Lipinski definition) is 0. The predicted octanol–water partition coefficient (Wildman–Crippen LogP) is 3.73. The lowest BCUT2D eigenvalue weighted by Crippen LogP contribution is -2.47. The SMILES string of the molecule is C[C@@]1(c2ccccc2)CCCN(C(=O)c2cnc(-c3cccnc3)nc2)C1. The summed E-state index contributed by atoms with van der Waals surface area (Å²) in [5.74, 6) is 0.571. The van der Waals surface area contributed by atoms with E-state index < -0.39 is 0 Å². The molecule has 3 heterocycles. The summed E-state index contributed by atoms with van der Waals surface area (Å²) in [4.78, 5) is 27.7.